The van der Waals surface area contributed by atoms with Crippen molar-refractivity contribution in [2.75, 3.05) is 7.05 Å². The predicted molar refractivity (Wildman–Crippen MR) is 101 cm³/mol. The molecule has 3 aromatic rings. The number of nitrogens with one attached hydrogen (secondary N) is 1. The van der Waals surface area contributed by atoms with E-state index in [-0.39, 0.29) is 27.7 Å². The van der Waals surface area contributed by atoms with Gasteiger partial charge in [-0.25, -0.2) is 13.4 Å². The molecule has 7 nitrogen and oxygen atoms in total. The van der Waals surface area contributed by atoms with Crippen LogP contribution in [0.1, 0.15) is 11.4 Å². The molecule has 9 heteroatoms. The average Bonchev–Trinajstić information content (AvgIpc) is 2.60. The molecule has 1 aliphatic rings. The van der Waals surface area contributed by atoms with Crippen LogP contribution in [0.4, 0.5) is 0 Å². The van der Waals surface area contributed by atoms with Gasteiger partial charge in [0.15, 0.2) is 11.6 Å². The smallest absolute Gasteiger partial charge is 0.265 e. The quantitative estimate of drug-likeness (QED) is 0.613. The van der Waals surface area contributed by atoms with Crippen molar-refractivity contribution >= 4 is 48.3 Å². The van der Waals surface area contributed by atoms with E-state index >= 15 is 0 Å². The van der Waals surface area contributed by atoms with Gasteiger partial charge in [0.2, 0.25) is 0 Å². The SMILES string of the molecule is CN1C(c2nc3ccccc3c(=O)[nH]2)=C(O)c2ccc(Br)cc2S1(=O)=O. The van der Waals surface area contributed by atoms with Gasteiger partial charge in [-0.2, -0.15) is 0 Å². The number of aromatic amines is 1. The largest absolute Gasteiger partial charge is 0.505 e. The molecule has 2 N–H and O–H groups in total. The minimum absolute atomic E-state index is 0.0224. The second-order valence-corrected chi connectivity index (χ2v) is 8.60. The maximum atomic E-state index is 12.9. The van der Waals surface area contributed by atoms with Crippen molar-refractivity contribution in [2.24, 2.45) is 0 Å². The van der Waals surface area contributed by atoms with E-state index in [1.165, 1.54) is 19.2 Å². The fourth-order valence-electron chi connectivity index (χ4n) is 2.91. The third-order valence-electron chi connectivity index (χ3n) is 4.21. The molecule has 26 heavy (non-hydrogen) atoms. The van der Waals surface area contributed by atoms with E-state index in [1.807, 2.05) is 0 Å². The van der Waals surface area contributed by atoms with Crippen LogP contribution in [0.15, 0.2) is 56.6 Å². The topological polar surface area (TPSA) is 103 Å². The second-order valence-electron chi connectivity index (χ2n) is 5.74. The molecular formula is C17H12BrN3O4S. The first-order valence-corrected chi connectivity index (χ1v) is 9.75. The van der Waals surface area contributed by atoms with Crippen molar-refractivity contribution in [3.8, 4) is 0 Å². The van der Waals surface area contributed by atoms with Gasteiger partial charge in [-0.15, -0.1) is 0 Å². The van der Waals surface area contributed by atoms with Gasteiger partial charge in [0.25, 0.3) is 15.6 Å². The summed E-state index contributed by atoms with van der Waals surface area (Å²) in [7, 11) is -2.61. The molecule has 132 valence electrons. The molecule has 0 unspecified atom stereocenters. The Hall–Kier alpha value is -2.65. The van der Waals surface area contributed by atoms with E-state index in [4.69, 9.17) is 0 Å². The Morgan fingerprint density at radius 1 is 1.19 bits per heavy atom. The van der Waals surface area contributed by atoms with Gasteiger partial charge in [-0.3, -0.25) is 9.10 Å². The lowest BCUT2D eigenvalue weighted by Crippen LogP contribution is -2.32. The van der Waals surface area contributed by atoms with Gasteiger partial charge < -0.3 is 10.1 Å². The molecule has 1 aromatic heterocycles. The van der Waals surface area contributed by atoms with Gasteiger partial charge >= 0.3 is 0 Å². The van der Waals surface area contributed by atoms with E-state index in [0.29, 0.717) is 15.4 Å². The van der Waals surface area contributed by atoms with Crippen molar-refractivity contribution in [3.63, 3.8) is 0 Å². The molecule has 0 radical (unpaired) electrons. The van der Waals surface area contributed by atoms with E-state index < -0.39 is 15.6 Å². The molecule has 4 rings (SSSR count). The van der Waals surface area contributed by atoms with Crippen LogP contribution in [-0.2, 0) is 10.0 Å². The molecular weight excluding hydrogens is 422 g/mol. The number of hydrogen-bond donors (Lipinski definition) is 2. The maximum absolute atomic E-state index is 12.9. The third kappa shape index (κ3) is 2.35. The van der Waals surface area contributed by atoms with Crippen molar-refractivity contribution in [1.29, 1.82) is 0 Å². The summed E-state index contributed by atoms with van der Waals surface area (Å²) in [6.07, 6.45) is 0. The van der Waals surface area contributed by atoms with Crippen LogP contribution in [-0.4, -0.2) is 34.8 Å². The second kappa shape index (κ2) is 5.68. The van der Waals surface area contributed by atoms with Crippen LogP contribution >= 0.6 is 15.9 Å². The fraction of sp³-hybridized carbons (Fsp3) is 0.0588. The zero-order chi connectivity index (χ0) is 18.6. The van der Waals surface area contributed by atoms with E-state index in [2.05, 4.69) is 25.9 Å². The first-order valence-electron chi connectivity index (χ1n) is 7.52. The summed E-state index contributed by atoms with van der Waals surface area (Å²) in [5.41, 5.74) is 0.0528. The number of aliphatic hydroxyl groups excluding tert-OH is 1. The lowest BCUT2D eigenvalue weighted by atomic mass is 10.1. The molecule has 0 fully saturated rings. The van der Waals surface area contributed by atoms with Crippen LogP contribution in [0.2, 0.25) is 0 Å². The highest BCUT2D eigenvalue weighted by atomic mass is 79.9. The van der Waals surface area contributed by atoms with Crippen LogP contribution < -0.4 is 5.56 Å². The van der Waals surface area contributed by atoms with Crippen molar-refractivity contribution in [3.05, 3.63) is 68.7 Å². The Morgan fingerprint density at radius 2 is 1.92 bits per heavy atom. The Morgan fingerprint density at radius 3 is 2.69 bits per heavy atom. The summed E-state index contributed by atoms with van der Waals surface area (Å²) >= 11 is 3.24. The van der Waals surface area contributed by atoms with Crippen molar-refractivity contribution in [1.82, 2.24) is 14.3 Å². The molecule has 0 bridgehead atoms. The van der Waals surface area contributed by atoms with E-state index in [0.717, 1.165) is 4.31 Å². The normalized spacial score (nSPS) is 16.0. The van der Waals surface area contributed by atoms with Crippen LogP contribution in [0.3, 0.4) is 0 Å². The van der Waals surface area contributed by atoms with Crippen LogP contribution in [0.25, 0.3) is 22.4 Å². The standard InChI is InChI=1S/C17H12BrN3O4S/c1-21-14(16-19-12-5-3-2-4-10(12)17(23)20-16)15(22)11-7-6-9(18)8-13(11)26(21,24)25/h2-8,22H,1H3,(H,19,20,23). The molecule has 0 spiro atoms. The minimum Gasteiger partial charge on any atom is -0.505 e. The lowest BCUT2D eigenvalue weighted by Gasteiger charge is -2.28. The highest BCUT2D eigenvalue weighted by Gasteiger charge is 2.36. The first kappa shape index (κ1) is 16.8. The number of halogens is 1. The number of benzene rings is 2. The molecule has 0 saturated carbocycles. The number of rotatable bonds is 1. The zero-order valence-electron chi connectivity index (χ0n) is 13.4. The Kier molecular flexibility index (Phi) is 3.67. The van der Waals surface area contributed by atoms with Crippen LogP contribution in [0.5, 0.6) is 0 Å². The molecule has 2 aromatic carbocycles. The van der Waals surface area contributed by atoms with Gasteiger partial charge in [0, 0.05) is 17.1 Å². The summed E-state index contributed by atoms with van der Waals surface area (Å²) in [6, 6.07) is 11.2. The third-order valence-corrected chi connectivity index (χ3v) is 6.50. The number of hydrogen-bond acceptors (Lipinski definition) is 5. The van der Waals surface area contributed by atoms with Crippen LogP contribution in [0, 0.1) is 0 Å². The van der Waals surface area contributed by atoms with Gasteiger partial charge in [-0.1, -0.05) is 28.1 Å². The van der Waals surface area contributed by atoms with E-state index in [9.17, 15) is 18.3 Å². The highest BCUT2D eigenvalue weighted by molar-refractivity contribution is 9.10. The highest BCUT2D eigenvalue weighted by Crippen LogP contribution is 2.39. The van der Waals surface area contributed by atoms with Gasteiger partial charge in [0.05, 0.1) is 15.8 Å². The summed E-state index contributed by atoms with van der Waals surface area (Å²) in [5.74, 6) is -0.297. The number of H-pyrrole nitrogens is 1. The summed E-state index contributed by atoms with van der Waals surface area (Å²) in [4.78, 5) is 19.2. The fourth-order valence-corrected chi connectivity index (χ4v) is 4.85. The lowest BCUT2D eigenvalue weighted by molar-refractivity contribution is 0.486. The van der Waals surface area contributed by atoms with Crippen molar-refractivity contribution < 1.29 is 13.5 Å². The summed E-state index contributed by atoms with van der Waals surface area (Å²) in [5, 5.41) is 11.1. The molecule has 0 atom stereocenters. The first-order chi connectivity index (χ1) is 12.3. The molecule has 0 aliphatic carbocycles. The summed E-state index contributed by atoms with van der Waals surface area (Å²) < 4.78 is 27.2. The van der Waals surface area contributed by atoms with Gasteiger partial charge in [-0.05, 0) is 30.3 Å². The monoisotopic (exact) mass is 433 g/mol. The van der Waals surface area contributed by atoms with Gasteiger partial charge in [0.1, 0.15) is 5.70 Å². The predicted octanol–water partition coefficient (Wildman–Crippen LogP) is 2.70. The van der Waals surface area contributed by atoms with E-state index in [1.54, 1.807) is 30.3 Å². The molecule has 1 aliphatic heterocycles. The number of aromatic nitrogens is 2. The Labute approximate surface area is 156 Å². The van der Waals surface area contributed by atoms with Crippen molar-refractivity contribution in [2.45, 2.75) is 4.90 Å². The number of aliphatic hydroxyl groups is 1. The number of para-hydroxylation sites is 1. The average molecular weight is 434 g/mol. The Balaban J connectivity index is 2.06. The number of fused-ring (bicyclic) bond motifs is 2. The maximum Gasteiger partial charge on any atom is 0.265 e. The molecule has 2 heterocycles. The molecule has 0 amide bonds. The zero-order valence-corrected chi connectivity index (χ0v) is 15.8. The number of sulfonamides is 1. The minimum atomic E-state index is -3.92. The number of nitrogens with zero attached hydrogens (tertiary/aromatic N) is 2. The summed E-state index contributed by atoms with van der Waals surface area (Å²) in [6.45, 7) is 0. The molecule has 0 saturated heterocycles. The Bertz CT molecular complexity index is 1260.